The molecule has 0 saturated carbocycles. The molecule has 2 N–H and O–H groups in total. The van der Waals surface area contributed by atoms with E-state index in [9.17, 15) is 0 Å². The molecule has 1 aliphatic rings. The third kappa shape index (κ3) is 3.04. The average Bonchev–Trinajstić information content (AvgIpc) is 3.11. The number of aromatic nitrogens is 5. The van der Waals surface area contributed by atoms with Gasteiger partial charge in [-0.05, 0) is 19.4 Å². The Morgan fingerprint density at radius 1 is 1.45 bits per heavy atom. The summed E-state index contributed by atoms with van der Waals surface area (Å²) in [6.07, 6.45) is 6.99. The van der Waals surface area contributed by atoms with Gasteiger partial charge >= 0.3 is 0 Å². The SMILES string of the molecule is Cn1c(SCCc2ncc[nH]2)nnc1C1CCCNC1. The maximum absolute atomic E-state index is 4.38. The van der Waals surface area contributed by atoms with E-state index < -0.39 is 0 Å². The zero-order valence-corrected chi connectivity index (χ0v) is 12.5. The van der Waals surface area contributed by atoms with Crippen LogP contribution in [-0.2, 0) is 13.5 Å². The van der Waals surface area contributed by atoms with Crippen molar-refractivity contribution in [2.24, 2.45) is 7.05 Å². The monoisotopic (exact) mass is 292 g/mol. The minimum atomic E-state index is 0.501. The molecule has 1 saturated heterocycles. The van der Waals surface area contributed by atoms with Crippen LogP contribution in [0.15, 0.2) is 17.6 Å². The van der Waals surface area contributed by atoms with Crippen molar-refractivity contribution in [3.8, 4) is 0 Å². The zero-order valence-electron chi connectivity index (χ0n) is 11.7. The van der Waals surface area contributed by atoms with Crippen LogP contribution in [0.5, 0.6) is 0 Å². The van der Waals surface area contributed by atoms with Crippen LogP contribution >= 0.6 is 11.8 Å². The second kappa shape index (κ2) is 6.41. The van der Waals surface area contributed by atoms with Crippen LogP contribution in [0, 0.1) is 0 Å². The molecule has 3 rings (SSSR count). The first-order valence-corrected chi connectivity index (χ1v) is 8.04. The fourth-order valence-corrected chi connectivity index (χ4v) is 3.42. The van der Waals surface area contributed by atoms with Crippen molar-refractivity contribution in [2.45, 2.75) is 30.3 Å². The second-order valence-corrected chi connectivity index (χ2v) is 6.14. The van der Waals surface area contributed by atoms with Crippen molar-refractivity contribution in [2.75, 3.05) is 18.8 Å². The molecular formula is C13H20N6S. The Balaban J connectivity index is 1.58. The summed E-state index contributed by atoms with van der Waals surface area (Å²) in [6, 6.07) is 0. The quantitative estimate of drug-likeness (QED) is 0.814. The van der Waals surface area contributed by atoms with Gasteiger partial charge in [-0.1, -0.05) is 11.8 Å². The molecule has 0 radical (unpaired) electrons. The van der Waals surface area contributed by atoms with Gasteiger partial charge in [0.2, 0.25) is 0 Å². The maximum Gasteiger partial charge on any atom is 0.190 e. The number of aromatic amines is 1. The predicted octanol–water partition coefficient (Wildman–Crippen LogP) is 1.34. The molecule has 0 bridgehead atoms. The van der Waals surface area contributed by atoms with E-state index in [1.807, 2.05) is 6.20 Å². The summed E-state index contributed by atoms with van der Waals surface area (Å²) in [7, 11) is 2.07. The largest absolute Gasteiger partial charge is 0.349 e. The highest BCUT2D eigenvalue weighted by atomic mass is 32.2. The summed E-state index contributed by atoms with van der Waals surface area (Å²) in [5.74, 6) is 3.59. The van der Waals surface area contributed by atoms with Gasteiger partial charge in [-0.2, -0.15) is 0 Å². The average molecular weight is 292 g/mol. The van der Waals surface area contributed by atoms with Gasteiger partial charge in [0.05, 0.1) is 0 Å². The lowest BCUT2D eigenvalue weighted by Gasteiger charge is -2.21. The van der Waals surface area contributed by atoms with Gasteiger partial charge in [-0.25, -0.2) is 4.98 Å². The number of piperidine rings is 1. The fourth-order valence-electron chi connectivity index (χ4n) is 2.55. The van der Waals surface area contributed by atoms with E-state index in [-0.39, 0.29) is 0 Å². The van der Waals surface area contributed by atoms with E-state index >= 15 is 0 Å². The minimum absolute atomic E-state index is 0.501. The van der Waals surface area contributed by atoms with Gasteiger partial charge in [0, 0.05) is 44.1 Å². The van der Waals surface area contributed by atoms with Crippen molar-refractivity contribution in [1.29, 1.82) is 0 Å². The fraction of sp³-hybridized carbons (Fsp3) is 0.615. The number of rotatable bonds is 5. The highest BCUT2D eigenvalue weighted by Gasteiger charge is 2.21. The Hall–Kier alpha value is -1.34. The molecule has 6 nitrogen and oxygen atoms in total. The maximum atomic E-state index is 4.38. The van der Waals surface area contributed by atoms with Crippen LogP contribution in [0.4, 0.5) is 0 Å². The van der Waals surface area contributed by atoms with Crippen LogP contribution in [-0.4, -0.2) is 43.6 Å². The summed E-state index contributed by atoms with van der Waals surface area (Å²) >= 11 is 1.74. The molecule has 0 aromatic carbocycles. The van der Waals surface area contributed by atoms with E-state index in [1.54, 1.807) is 18.0 Å². The molecule has 20 heavy (non-hydrogen) atoms. The second-order valence-electron chi connectivity index (χ2n) is 5.08. The number of nitrogens with one attached hydrogen (secondary N) is 2. The van der Waals surface area contributed by atoms with Crippen LogP contribution in [0.3, 0.4) is 0 Å². The van der Waals surface area contributed by atoms with Gasteiger partial charge in [0.15, 0.2) is 5.16 Å². The van der Waals surface area contributed by atoms with Crippen LogP contribution in [0.1, 0.15) is 30.4 Å². The summed E-state index contributed by atoms with van der Waals surface area (Å²) < 4.78 is 2.14. The van der Waals surface area contributed by atoms with E-state index in [0.29, 0.717) is 5.92 Å². The van der Waals surface area contributed by atoms with Crippen molar-refractivity contribution < 1.29 is 0 Å². The van der Waals surface area contributed by atoms with Crippen LogP contribution in [0.25, 0.3) is 0 Å². The molecule has 1 aliphatic heterocycles. The Morgan fingerprint density at radius 3 is 3.15 bits per heavy atom. The molecule has 0 amide bonds. The van der Waals surface area contributed by atoms with E-state index in [4.69, 9.17) is 0 Å². The molecule has 2 aromatic heterocycles. The van der Waals surface area contributed by atoms with Gasteiger partial charge < -0.3 is 14.9 Å². The zero-order chi connectivity index (χ0) is 13.8. The molecule has 108 valence electrons. The standard InChI is InChI=1S/C13H20N6S/c1-19-12(10-3-2-5-14-9-10)17-18-13(19)20-8-4-11-15-6-7-16-11/h6-7,10,14H,2-5,8-9H2,1H3,(H,15,16). The van der Waals surface area contributed by atoms with E-state index in [0.717, 1.165) is 42.1 Å². The minimum Gasteiger partial charge on any atom is -0.349 e. The highest BCUT2D eigenvalue weighted by molar-refractivity contribution is 7.99. The van der Waals surface area contributed by atoms with Crippen molar-refractivity contribution in [1.82, 2.24) is 30.0 Å². The van der Waals surface area contributed by atoms with Crippen LogP contribution in [0.2, 0.25) is 0 Å². The summed E-state index contributed by atoms with van der Waals surface area (Å²) in [5.41, 5.74) is 0. The molecule has 2 aromatic rings. The number of H-pyrrole nitrogens is 1. The number of aryl methyl sites for hydroxylation is 1. The first-order valence-electron chi connectivity index (χ1n) is 7.05. The van der Waals surface area contributed by atoms with Crippen molar-refractivity contribution >= 4 is 11.8 Å². The molecule has 0 spiro atoms. The molecule has 7 heteroatoms. The molecule has 1 fully saturated rings. The number of hydrogen-bond donors (Lipinski definition) is 2. The first-order chi connectivity index (χ1) is 9.84. The Labute approximate surface area is 122 Å². The lowest BCUT2D eigenvalue weighted by molar-refractivity contribution is 0.436. The van der Waals surface area contributed by atoms with Crippen LogP contribution < -0.4 is 5.32 Å². The van der Waals surface area contributed by atoms with E-state index in [1.165, 1.54) is 12.8 Å². The Bertz CT molecular complexity index is 529. The first kappa shape index (κ1) is 13.6. The molecule has 3 heterocycles. The predicted molar refractivity (Wildman–Crippen MR) is 78.9 cm³/mol. The number of nitrogens with zero attached hydrogens (tertiary/aromatic N) is 4. The van der Waals surface area contributed by atoms with Crippen molar-refractivity contribution in [3.05, 3.63) is 24.0 Å². The Kier molecular flexibility index (Phi) is 4.37. The van der Waals surface area contributed by atoms with Gasteiger partial charge in [0.1, 0.15) is 11.6 Å². The number of hydrogen-bond acceptors (Lipinski definition) is 5. The normalized spacial score (nSPS) is 19.4. The molecule has 0 aliphatic carbocycles. The molecular weight excluding hydrogens is 272 g/mol. The lowest BCUT2D eigenvalue weighted by Crippen LogP contribution is -2.29. The third-order valence-corrected chi connectivity index (χ3v) is 4.68. The molecule has 1 atom stereocenters. The molecule has 1 unspecified atom stereocenters. The smallest absolute Gasteiger partial charge is 0.190 e. The van der Waals surface area contributed by atoms with Crippen molar-refractivity contribution in [3.63, 3.8) is 0 Å². The highest BCUT2D eigenvalue weighted by Crippen LogP contribution is 2.24. The number of imidazole rings is 1. The number of thioether (sulfide) groups is 1. The summed E-state index contributed by atoms with van der Waals surface area (Å²) in [6.45, 7) is 2.14. The summed E-state index contributed by atoms with van der Waals surface area (Å²) in [5, 5.41) is 13.1. The third-order valence-electron chi connectivity index (χ3n) is 3.66. The van der Waals surface area contributed by atoms with Gasteiger partial charge in [-0.3, -0.25) is 0 Å². The van der Waals surface area contributed by atoms with Gasteiger partial charge in [0.25, 0.3) is 0 Å². The summed E-state index contributed by atoms with van der Waals surface area (Å²) in [4.78, 5) is 7.35. The Morgan fingerprint density at radius 2 is 2.40 bits per heavy atom. The topological polar surface area (TPSA) is 71.4 Å². The van der Waals surface area contributed by atoms with E-state index in [2.05, 4.69) is 37.1 Å². The van der Waals surface area contributed by atoms with Gasteiger partial charge in [-0.15, -0.1) is 10.2 Å². The lowest BCUT2D eigenvalue weighted by atomic mass is 9.99.